The summed E-state index contributed by atoms with van der Waals surface area (Å²) in [6.07, 6.45) is 1.58. The predicted octanol–water partition coefficient (Wildman–Crippen LogP) is -0.0936. The Bertz CT molecular complexity index is 650. The van der Waals surface area contributed by atoms with Crippen LogP contribution in [0.2, 0.25) is 0 Å². The average Bonchev–Trinajstić information content (AvgIpc) is 2.89. The zero-order valence-corrected chi connectivity index (χ0v) is 11.2. The Morgan fingerprint density at radius 3 is 2.85 bits per heavy atom. The van der Waals surface area contributed by atoms with Crippen molar-refractivity contribution in [3.8, 4) is 0 Å². The van der Waals surface area contributed by atoms with E-state index in [1.165, 1.54) is 7.11 Å². The van der Waals surface area contributed by atoms with Gasteiger partial charge in [0.2, 0.25) is 0 Å². The molecular weight excluding hydrogens is 262 g/mol. The highest BCUT2D eigenvalue weighted by molar-refractivity contribution is 5.95. The summed E-state index contributed by atoms with van der Waals surface area (Å²) >= 11 is 0. The fourth-order valence-electron chi connectivity index (χ4n) is 1.81. The average molecular weight is 277 g/mol. The Kier molecular flexibility index (Phi) is 3.99. The third-order valence-corrected chi connectivity index (χ3v) is 2.90. The highest BCUT2D eigenvalue weighted by Crippen LogP contribution is 2.08. The summed E-state index contributed by atoms with van der Waals surface area (Å²) in [7, 11) is 1.19. The van der Waals surface area contributed by atoms with E-state index in [0.717, 1.165) is 5.69 Å². The van der Waals surface area contributed by atoms with Crippen molar-refractivity contribution >= 4 is 17.5 Å². The van der Waals surface area contributed by atoms with Crippen LogP contribution in [0.15, 0.2) is 24.4 Å². The molecular formula is C13H15N3O4. The van der Waals surface area contributed by atoms with Crippen LogP contribution in [0.3, 0.4) is 0 Å². The zero-order valence-electron chi connectivity index (χ0n) is 11.2. The molecule has 0 radical (unpaired) electrons. The molecule has 1 unspecified atom stereocenters. The minimum atomic E-state index is -1.10. The first-order valence-corrected chi connectivity index (χ1v) is 6.01. The van der Waals surface area contributed by atoms with Gasteiger partial charge in [-0.2, -0.15) is 0 Å². The van der Waals surface area contributed by atoms with Gasteiger partial charge in [-0.25, -0.2) is 9.78 Å². The van der Waals surface area contributed by atoms with Crippen molar-refractivity contribution in [2.75, 3.05) is 13.7 Å². The lowest BCUT2D eigenvalue weighted by Crippen LogP contribution is -2.44. The van der Waals surface area contributed by atoms with Crippen LogP contribution in [-0.4, -0.2) is 46.1 Å². The van der Waals surface area contributed by atoms with Gasteiger partial charge in [-0.05, 0) is 19.1 Å². The van der Waals surface area contributed by atoms with Gasteiger partial charge in [0.1, 0.15) is 11.3 Å². The van der Waals surface area contributed by atoms with E-state index in [4.69, 9.17) is 5.11 Å². The number of aromatic nitrogens is 2. The maximum atomic E-state index is 12.0. The van der Waals surface area contributed by atoms with Crippen molar-refractivity contribution in [1.82, 2.24) is 14.7 Å². The van der Waals surface area contributed by atoms with Crippen LogP contribution in [0.5, 0.6) is 0 Å². The summed E-state index contributed by atoms with van der Waals surface area (Å²) in [6, 6.07) is 4.40. The molecule has 0 bridgehead atoms. The number of fused-ring (bicyclic) bond motifs is 1. The third kappa shape index (κ3) is 2.62. The number of methoxy groups -OCH3 is 1. The summed E-state index contributed by atoms with van der Waals surface area (Å²) in [5, 5.41) is 11.4. The molecule has 106 valence electrons. The number of carbonyl (C=O) groups is 2. The Morgan fingerprint density at radius 2 is 2.25 bits per heavy atom. The second-order valence-corrected chi connectivity index (χ2v) is 4.25. The molecule has 20 heavy (non-hydrogen) atoms. The molecule has 2 aromatic heterocycles. The SMILES string of the molecule is COC(=O)C(CO)NC(=O)c1cn2c(C)cccc2n1. The Labute approximate surface area is 115 Å². The number of aliphatic hydroxyl groups excluding tert-OH is 1. The van der Waals surface area contributed by atoms with Gasteiger partial charge in [0, 0.05) is 11.9 Å². The van der Waals surface area contributed by atoms with Crippen molar-refractivity contribution in [1.29, 1.82) is 0 Å². The summed E-state index contributed by atoms with van der Waals surface area (Å²) in [5.74, 6) is -1.25. The van der Waals surface area contributed by atoms with E-state index in [9.17, 15) is 9.59 Å². The van der Waals surface area contributed by atoms with E-state index in [1.54, 1.807) is 16.7 Å². The summed E-state index contributed by atoms with van der Waals surface area (Å²) in [4.78, 5) is 27.5. The molecule has 2 N–H and O–H groups in total. The van der Waals surface area contributed by atoms with E-state index in [1.807, 2.05) is 19.1 Å². The molecule has 0 aromatic carbocycles. The van der Waals surface area contributed by atoms with E-state index in [-0.39, 0.29) is 5.69 Å². The molecule has 1 amide bonds. The van der Waals surface area contributed by atoms with Crippen LogP contribution in [0, 0.1) is 6.92 Å². The number of amides is 1. The summed E-state index contributed by atoms with van der Waals surface area (Å²) < 4.78 is 6.24. The van der Waals surface area contributed by atoms with Crippen molar-refractivity contribution in [2.45, 2.75) is 13.0 Å². The van der Waals surface area contributed by atoms with Crippen LogP contribution < -0.4 is 5.32 Å². The number of esters is 1. The van der Waals surface area contributed by atoms with Gasteiger partial charge in [-0.15, -0.1) is 0 Å². The van der Waals surface area contributed by atoms with Crippen molar-refractivity contribution in [2.24, 2.45) is 0 Å². The van der Waals surface area contributed by atoms with Gasteiger partial charge in [0.25, 0.3) is 5.91 Å². The number of hydrogen-bond acceptors (Lipinski definition) is 5. The normalized spacial score (nSPS) is 12.2. The molecule has 0 spiro atoms. The van der Waals surface area contributed by atoms with Crippen molar-refractivity contribution in [3.05, 3.63) is 35.8 Å². The van der Waals surface area contributed by atoms with Crippen molar-refractivity contribution in [3.63, 3.8) is 0 Å². The van der Waals surface area contributed by atoms with E-state index < -0.39 is 24.5 Å². The number of hydrogen-bond donors (Lipinski definition) is 2. The minimum absolute atomic E-state index is 0.168. The fraction of sp³-hybridized carbons (Fsp3) is 0.308. The molecule has 0 aliphatic rings. The smallest absolute Gasteiger partial charge is 0.330 e. The van der Waals surface area contributed by atoms with E-state index >= 15 is 0 Å². The van der Waals surface area contributed by atoms with E-state index in [2.05, 4.69) is 15.0 Å². The minimum Gasteiger partial charge on any atom is -0.467 e. The number of imidazole rings is 1. The molecule has 0 saturated heterocycles. The van der Waals surface area contributed by atoms with Gasteiger partial charge >= 0.3 is 5.97 Å². The lowest BCUT2D eigenvalue weighted by molar-refractivity contribution is -0.143. The van der Waals surface area contributed by atoms with Crippen LogP contribution >= 0.6 is 0 Å². The Balaban J connectivity index is 2.23. The number of carbonyl (C=O) groups excluding carboxylic acids is 2. The third-order valence-electron chi connectivity index (χ3n) is 2.90. The second-order valence-electron chi connectivity index (χ2n) is 4.25. The van der Waals surface area contributed by atoms with Crippen LogP contribution in [0.1, 0.15) is 16.2 Å². The number of pyridine rings is 1. The lowest BCUT2D eigenvalue weighted by Gasteiger charge is -2.12. The number of nitrogens with one attached hydrogen (secondary N) is 1. The molecule has 0 saturated carbocycles. The van der Waals surface area contributed by atoms with Crippen molar-refractivity contribution < 1.29 is 19.4 Å². The molecule has 2 rings (SSSR count). The fourth-order valence-corrected chi connectivity index (χ4v) is 1.81. The molecule has 7 heteroatoms. The summed E-state index contributed by atoms with van der Waals surface area (Å²) in [6.45, 7) is 1.35. The molecule has 0 fully saturated rings. The molecule has 2 aromatic rings. The standard InChI is InChI=1S/C13H15N3O4/c1-8-4-3-5-11-14-9(6-16(8)11)12(18)15-10(7-17)13(19)20-2/h3-6,10,17H,7H2,1-2H3,(H,15,18). The highest BCUT2D eigenvalue weighted by atomic mass is 16.5. The molecule has 0 aliphatic heterocycles. The first-order chi connectivity index (χ1) is 9.56. The Hall–Kier alpha value is -2.41. The van der Waals surface area contributed by atoms with Gasteiger partial charge in [0.15, 0.2) is 6.04 Å². The quantitative estimate of drug-likeness (QED) is 0.762. The second kappa shape index (κ2) is 5.70. The number of rotatable bonds is 4. The molecule has 2 heterocycles. The van der Waals surface area contributed by atoms with Crippen LogP contribution in [0.25, 0.3) is 5.65 Å². The number of aryl methyl sites for hydroxylation is 1. The van der Waals surface area contributed by atoms with Crippen LogP contribution in [-0.2, 0) is 9.53 Å². The predicted molar refractivity (Wildman–Crippen MR) is 70.3 cm³/mol. The maximum absolute atomic E-state index is 12.0. The number of nitrogens with zero attached hydrogens (tertiary/aromatic N) is 2. The number of ether oxygens (including phenoxy) is 1. The lowest BCUT2D eigenvalue weighted by atomic mass is 10.3. The van der Waals surface area contributed by atoms with Crippen LogP contribution in [0.4, 0.5) is 0 Å². The monoisotopic (exact) mass is 277 g/mol. The van der Waals surface area contributed by atoms with Gasteiger partial charge in [0.05, 0.1) is 13.7 Å². The topological polar surface area (TPSA) is 92.9 Å². The Morgan fingerprint density at radius 1 is 1.50 bits per heavy atom. The molecule has 0 aliphatic carbocycles. The highest BCUT2D eigenvalue weighted by Gasteiger charge is 2.22. The van der Waals surface area contributed by atoms with Gasteiger partial charge in [-0.1, -0.05) is 6.07 Å². The largest absolute Gasteiger partial charge is 0.467 e. The maximum Gasteiger partial charge on any atom is 0.330 e. The molecule has 7 nitrogen and oxygen atoms in total. The number of aliphatic hydroxyl groups is 1. The zero-order chi connectivity index (χ0) is 14.7. The van der Waals surface area contributed by atoms with E-state index in [0.29, 0.717) is 5.65 Å². The first-order valence-electron chi connectivity index (χ1n) is 6.01. The first kappa shape index (κ1) is 14.0. The van der Waals surface area contributed by atoms with Gasteiger partial charge < -0.3 is 19.6 Å². The summed E-state index contributed by atoms with van der Waals surface area (Å²) in [5.41, 5.74) is 1.73. The van der Waals surface area contributed by atoms with Gasteiger partial charge in [-0.3, -0.25) is 4.79 Å². The molecule has 1 atom stereocenters.